The lowest BCUT2D eigenvalue weighted by atomic mass is 9.97. The highest BCUT2D eigenvalue weighted by Gasteiger charge is 2.12. The summed E-state index contributed by atoms with van der Waals surface area (Å²) in [7, 11) is 0. The fourth-order valence-corrected chi connectivity index (χ4v) is 2.86. The molecule has 0 radical (unpaired) electrons. The van der Waals surface area contributed by atoms with E-state index in [9.17, 15) is 9.59 Å². The predicted molar refractivity (Wildman–Crippen MR) is 84.7 cm³/mol. The Morgan fingerprint density at radius 1 is 1.27 bits per heavy atom. The van der Waals surface area contributed by atoms with Gasteiger partial charge in [-0.25, -0.2) is 4.79 Å². The number of hydrogen-bond acceptors (Lipinski definition) is 3. The van der Waals surface area contributed by atoms with Crippen LogP contribution in [-0.4, -0.2) is 17.0 Å². The summed E-state index contributed by atoms with van der Waals surface area (Å²) in [5.41, 5.74) is 2.59. The molecule has 1 heterocycles. The van der Waals surface area contributed by atoms with Gasteiger partial charge in [-0.3, -0.25) is 9.36 Å². The highest BCUT2D eigenvalue weighted by molar-refractivity contribution is 5.79. The van der Waals surface area contributed by atoms with Crippen molar-refractivity contribution >= 4 is 17.0 Å². The molecule has 3 rings (SSSR count). The lowest BCUT2D eigenvalue weighted by Crippen LogP contribution is -2.31. The number of benzene rings is 1. The third kappa shape index (κ3) is 3.30. The SMILES string of the molecule is O=C(Cn1c(=O)oc2ccccc21)NCCC1=CCCCC1. The van der Waals surface area contributed by atoms with Crippen LogP contribution >= 0.6 is 0 Å². The molecule has 1 aliphatic carbocycles. The van der Waals surface area contributed by atoms with Crippen LogP contribution in [0.1, 0.15) is 32.1 Å². The fraction of sp³-hybridized carbons (Fsp3) is 0.412. The number of allylic oxidation sites excluding steroid dienone is 1. The second-order valence-electron chi connectivity index (χ2n) is 5.63. The molecule has 1 aliphatic rings. The predicted octanol–water partition coefficient (Wildman–Crippen LogP) is 2.60. The Labute approximate surface area is 128 Å². The molecule has 0 saturated carbocycles. The quantitative estimate of drug-likeness (QED) is 0.863. The second-order valence-corrected chi connectivity index (χ2v) is 5.63. The molecule has 0 fully saturated rings. The van der Waals surface area contributed by atoms with E-state index in [1.165, 1.54) is 23.0 Å². The van der Waals surface area contributed by atoms with E-state index >= 15 is 0 Å². The molecular formula is C17H20N2O3. The van der Waals surface area contributed by atoms with Gasteiger partial charge in [-0.1, -0.05) is 23.8 Å². The first-order valence-corrected chi connectivity index (χ1v) is 7.77. The molecule has 0 saturated heterocycles. The lowest BCUT2D eigenvalue weighted by molar-refractivity contribution is -0.121. The minimum absolute atomic E-state index is 0.00507. The largest absolute Gasteiger partial charge is 0.420 e. The van der Waals surface area contributed by atoms with Crippen LogP contribution in [0.15, 0.2) is 45.1 Å². The number of rotatable bonds is 5. The van der Waals surface area contributed by atoms with Crippen LogP contribution in [0.5, 0.6) is 0 Å². The molecular weight excluding hydrogens is 280 g/mol. The maximum atomic E-state index is 12.0. The Hall–Kier alpha value is -2.30. The van der Waals surface area contributed by atoms with Crippen LogP contribution in [0, 0.1) is 0 Å². The maximum absolute atomic E-state index is 12.0. The van der Waals surface area contributed by atoms with Crippen LogP contribution in [0.2, 0.25) is 0 Å². The van der Waals surface area contributed by atoms with Crippen molar-refractivity contribution in [2.75, 3.05) is 6.54 Å². The molecule has 22 heavy (non-hydrogen) atoms. The molecule has 1 amide bonds. The topological polar surface area (TPSA) is 64.2 Å². The molecule has 1 aromatic carbocycles. The van der Waals surface area contributed by atoms with Crippen LogP contribution < -0.4 is 11.1 Å². The number of hydrogen-bond donors (Lipinski definition) is 1. The second kappa shape index (κ2) is 6.64. The number of nitrogens with zero attached hydrogens (tertiary/aromatic N) is 1. The third-order valence-corrected chi connectivity index (χ3v) is 4.03. The van der Waals surface area contributed by atoms with Crippen molar-refractivity contribution in [3.63, 3.8) is 0 Å². The summed E-state index contributed by atoms with van der Waals surface area (Å²) in [6, 6.07) is 7.12. The smallest absolute Gasteiger partial charge is 0.408 e. The van der Waals surface area contributed by atoms with Crippen molar-refractivity contribution in [2.24, 2.45) is 0 Å². The molecule has 0 bridgehead atoms. The number of oxazole rings is 1. The number of amides is 1. The van der Waals surface area contributed by atoms with Crippen molar-refractivity contribution in [2.45, 2.75) is 38.6 Å². The van der Waals surface area contributed by atoms with Crippen LogP contribution in [0.25, 0.3) is 11.1 Å². The molecule has 0 unspecified atom stereocenters. The number of carbonyl (C=O) groups is 1. The van der Waals surface area contributed by atoms with Gasteiger partial charge in [0.15, 0.2) is 5.58 Å². The standard InChI is InChI=1S/C17H20N2O3/c20-16(18-11-10-13-6-2-1-3-7-13)12-19-14-8-4-5-9-15(14)22-17(19)21/h4-6,8-9H,1-3,7,10-12H2,(H,18,20). The zero-order valence-corrected chi connectivity index (χ0v) is 12.5. The summed E-state index contributed by atoms with van der Waals surface area (Å²) >= 11 is 0. The first-order chi connectivity index (χ1) is 10.7. The van der Waals surface area contributed by atoms with Gasteiger partial charge in [-0.05, 0) is 44.2 Å². The molecule has 5 heteroatoms. The summed E-state index contributed by atoms with van der Waals surface area (Å²) in [5.74, 6) is -0.656. The van der Waals surface area contributed by atoms with Gasteiger partial charge in [0.25, 0.3) is 0 Å². The first-order valence-electron chi connectivity index (χ1n) is 7.77. The third-order valence-electron chi connectivity index (χ3n) is 4.03. The van der Waals surface area contributed by atoms with Gasteiger partial charge in [0.1, 0.15) is 6.54 Å². The van der Waals surface area contributed by atoms with E-state index in [0.29, 0.717) is 17.6 Å². The Bertz CT molecular complexity index is 755. The highest BCUT2D eigenvalue weighted by atomic mass is 16.4. The zero-order chi connectivity index (χ0) is 15.4. The monoisotopic (exact) mass is 300 g/mol. The molecule has 0 spiro atoms. The Balaban J connectivity index is 1.58. The van der Waals surface area contributed by atoms with E-state index in [-0.39, 0.29) is 12.5 Å². The van der Waals surface area contributed by atoms with Crippen molar-refractivity contribution in [1.29, 1.82) is 0 Å². The molecule has 0 atom stereocenters. The number of carbonyl (C=O) groups excluding carboxylic acids is 1. The van der Waals surface area contributed by atoms with Gasteiger partial charge in [0.2, 0.25) is 5.91 Å². The summed E-state index contributed by atoms with van der Waals surface area (Å²) in [5, 5.41) is 2.88. The van der Waals surface area contributed by atoms with Crippen LogP contribution in [0.4, 0.5) is 0 Å². The first kappa shape index (κ1) is 14.6. The van der Waals surface area contributed by atoms with Crippen LogP contribution in [0.3, 0.4) is 0 Å². The van der Waals surface area contributed by atoms with Crippen molar-refractivity contribution < 1.29 is 9.21 Å². The highest BCUT2D eigenvalue weighted by Crippen LogP contribution is 2.19. The van der Waals surface area contributed by atoms with E-state index in [1.54, 1.807) is 18.2 Å². The van der Waals surface area contributed by atoms with Gasteiger partial charge in [0, 0.05) is 6.54 Å². The zero-order valence-electron chi connectivity index (χ0n) is 12.5. The Morgan fingerprint density at radius 3 is 2.95 bits per heavy atom. The summed E-state index contributed by atoms with van der Waals surface area (Å²) in [4.78, 5) is 23.8. The van der Waals surface area contributed by atoms with E-state index in [0.717, 1.165) is 19.3 Å². The molecule has 1 N–H and O–H groups in total. The summed E-state index contributed by atoms with van der Waals surface area (Å²) < 4.78 is 6.48. The normalized spacial score (nSPS) is 14.8. The number of aromatic nitrogens is 1. The minimum Gasteiger partial charge on any atom is -0.408 e. The molecule has 2 aromatic rings. The average molecular weight is 300 g/mol. The molecule has 1 aromatic heterocycles. The number of fused-ring (bicyclic) bond motifs is 1. The number of nitrogens with one attached hydrogen (secondary N) is 1. The van der Waals surface area contributed by atoms with Gasteiger partial charge in [-0.15, -0.1) is 0 Å². The number of para-hydroxylation sites is 2. The van der Waals surface area contributed by atoms with Crippen molar-refractivity contribution in [3.8, 4) is 0 Å². The Morgan fingerprint density at radius 2 is 2.14 bits per heavy atom. The summed E-state index contributed by atoms with van der Waals surface area (Å²) in [6.07, 6.45) is 7.99. The summed E-state index contributed by atoms with van der Waals surface area (Å²) in [6.45, 7) is 0.615. The maximum Gasteiger partial charge on any atom is 0.420 e. The van der Waals surface area contributed by atoms with Gasteiger partial charge < -0.3 is 9.73 Å². The van der Waals surface area contributed by atoms with E-state index in [2.05, 4.69) is 11.4 Å². The van der Waals surface area contributed by atoms with Gasteiger partial charge >= 0.3 is 5.76 Å². The fourth-order valence-electron chi connectivity index (χ4n) is 2.86. The Kier molecular flexibility index (Phi) is 4.42. The van der Waals surface area contributed by atoms with Crippen molar-refractivity contribution in [3.05, 3.63) is 46.5 Å². The molecule has 0 aliphatic heterocycles. The van der Waals surface area contributed by atoms with E-state index in [4.69, 9.17) is 4.42 Å². The van der Waals surface area contributed by atoms with Crippen LogP contribution in [-0.2, 0) is 11.3 Å². The molecule has 5 nitrogen and oxygen atoms in total. The average Bonchev–Trinajstić information content (AvgIpc) is 2.84. The molecule has 116 valence electrons. The van der Waals surface area contributed by atoms with Gasteiger partial charge in [0.05, 0.1) is 5.52 Å². The minimum atomic E-state index is -0.494. The van der Waals surface area contributed by atoms with E-state index < -0.39 is 5.76 Å². The lowest BCUT2D eigenvalue weighted by Gasteiger charge is -2.13. The van der Waals surface area contributed by atoms with E-state index in [1.807, 2.05) is 6.07 Å². The van der Waals surface area contributed by atoms with Gasteiger partial charge in [-0.2, -0.15) is 0 Å². The van der Waals surface area contributed by atoms with Crippen molar-refractivity contribution in [1.82, 2.24) is 9.88 Å².